The Bertz CT molecular complexity index is 1230. The molecule has 0 fully saturated rings. The summed E-state index contributed by atoms with van der Waals surface area (Å²) in [4.78, 5) is 33.1. The fourth-order valence-electron chi connectivity index (χ4n) is 2.94. The topological polar surface area (TPSA) is 72.0 Å². The molecule has 2 aromatic heterocycles. The maximum atomic E-state index is 12.7. The lowest BCUT2D eigenvalue weighted by Crippen LogP contribution is -2.10. The number of H-pyrrole nitrogens is 1. The molecule has 0 aliphatic heterocycles. The fourth-order valence-corrected chi connectivity index (χ4v) is 4.70. The summed E-state index contributed by atoms with van der Waals surface area (Å²) in [7, 11) is 1.58. The Hall–Kier alpha value is -2.90. The fraction of sp³-hybridized carbons (Fsp3) is 0.136. The van der Waals surface area contributed by atoms with E-state index in [1.54, 1.807) is 31.4 Å². The molecule has 4 rings (SSSR count). The van der Waals surface area contributed by atoms with Gasteiger partial charge in [-0.1, -0.05) is 41.6 Å². The smallest absolute Gasteiger partial charge is 0.260 e. The van der Waals surface area contributed by atoms with E-state index in [2.05, 4.69) is 9.97 Å². The molecule has 7 heteroatoms. The second-order valence-corrected chi connectivity index (χ2v) is 8.33. The van der Waals surface area contributed by atoms with E-state index in [1.165, 1.54) is 28.7 Å². The Balaban J connectivity index is 1.55. The number of ketones is 1. The van der Waals surface area contributed by atoms with E-state index >= 15 is 0 Å². The summed E-state index contributed by atoms with van der Waals surface area (Å²) in [6.07, 6.45) is 0. The first-order valence-corrected chi connectivity index (χ1v) is 10.8. The molecule has 0 saturated carbocycles. The van der Waals surface area contributed by atoms with Crippen LogP contribution in [-0.4, -0.2) is 28.6 Å². The highest BCUT2D eigenvalue weighted by atomic mass is 32.2. The van der Waals surface area contributed by atoms with Gasteiger partial charge in [0.15, 0.2) is 10.9 Å². The summed E-state index contributed by atoms with van der Waals surface area (Å²) in [5, 5.41) is 2.99. The number of nitrogens with one attached hydrogen (secondary N) is 1. The van der Waals surface area contributed by atoms with Crippen molar-refractivity contribution in [2.45, 2.75) is 12.1 Å². The van der Waals surface area contributed by atoms with Crippen LogP contribution in [0, 0.1) is 6.92 Å². The van der Waals surface area contributed by atoms with Gasteiger partial charge in [-0.25, -0.2) is 4.98 Å². The van der Waals surface area contributed by atoms with Gasteiger partial charge in [-0.15, -0.1) is 11.3 Å². The molecule has 5 nitrogen and oxygen atoms in total. The molecule has 0 amide bonds. The number of aromatic nitrogens is 2. The lowest BCUT2D eigenvalue weighted by molar-refractivity contribution is 0.102. The van der Waals surface area contributed by atoms with Crippen molar-refractivity contribution in [1.82, 2.24) is 9.97 Å². The van der Waals surface area contributed by atoms with Gasteiger partial charge in [-0.05, 0) is 36.8 Å². The van der Waals surface area contributed by atoms with Crippen LogP contribution in [0.15, 0.2) is 63.9 Å². The average molecular weight is 423 g/mol. The predicted octanol–water partition coefficient (Wildman–Crippen LogP) is 4.94. The number of thiophene rings is 1. The van der Waals surface area contributed by atoms with Gasteiger partial charge in [-0.3, -0.25) is 9.59 Å². The number of fused-ring (bicyclic) bond motifs is 1. The van der Waals surface area contributed by atoms with Crippen LogP contribution >= 0.6 is 23.1 Å². The van der Waals surface area contributed by atoms with Crippen LogP contribution in [0.2, 0.25) is 0 Å². The minimum absolute atomic E-state index is 0.0353. The zero-order valence-corrected chi connectivity index (χ0v) is 17.5. The number of carbonyl (C=O) groups is 1. The van der Waals surface area contributed by atoms with E-state index in [1.807, 2.05) is 36.6 Å². The van der Waals surface area contributed by atoms with Crippen LogP contribution in [0.4, 0.5) is 0 Å². The summed E-state index contributed by atoms with van der Waals surface area (Å²) < 4.78 is 5.11. The molecule has 29 heavy (non-hydrogen) atoms. The molecule has 146 valence electrons. The third-order valence-electron chi connectivity index (χ3n) is 4.54. The Labute approximate surface area is 175 Å². The molecular formula is C22H18N2O3S2. The van der Waals surface area contributed by atoms with Crippen LogP contribution in [0.3, 0.4) is 0 Å². The molecule has 2 heterocycles. The van der Waals surface area contributed by atoms with Crippen molar-refractivity contribution in [3.63, 3.8) is 0 Å². The van der Waals surface area contributed by atoms with Gasteiger partial charge in [0.05, 0.1) is 18.2 Å². The minimum Gasteiger partial charge on any atom is -0.497 e. The Morgan fingerprint density at radius 1 is 1.14 bits per heavy atom. The SMILES string of the molecule is COc1ccc(C(=O)CSc2nc3scc(-c4ccc(C)cc4)c3c(=O)[nH]2)cc1. The van der Waals surface area contributed by atoms with Crippen molar-refractivity contribution in [2.75, 3.05) is 12.9 Å². The highest BCUT2D eigenvalue weighted by molar-refractivity contribution is 7.99. The van der Waals surface area contributed by atoms with Gasteiger partial charge in [0.2, 0.25) is 0 Å². The number of hydrogen-bond donors (Lipinski definition) is 1. The number of carbonyl (C=O) groups excluding carboxylic acids is 1. The number of Topliss-reactive ketones (excluding diaryl/α,β-unsaturated/α-hetero) is 1. The third-order valence-corrected chi connectivity index (χ3v) is 6.28. The molecule has 0 radical (unpaired) electrons. The van der Waals surface area contributed by atoms with E-state index in [4.69, 9.17) is 4.74 Å². The lowest BCUT2D eigenvalue weighted by Gasteiger charge is -2.04. The van der Waals surface area contributed by atoms with Crippen molar-refractivity contribution >= 4 is 39.1 Å². The first kappa shape index (κ1) is 19.4. The van der Waals surface area contributed by atoms with Crippen LogP contribution in [0.25, 0.3) is 21.3 Å². The summed E-state index contributed by atoms with van der Waals surface area (Å²) in [5.74, 6) is 0.858. The first-order valence-electron chi connectivity index (χ1n) is 8.94. The van der Waals surface area contributed by atoms with Crippen molar-refractivity contribution in [3.05, 3.63) is 75.4 Å². The van der Waals surface area contributed by atoms with Gasteiger partial charge in [0.25, 0.3) is 5.56 Å². The zero-order chi connectivity index (χ0) is 20.4. The number of thioether (sulfide) groups is 1. The summed E-state index contributed by atoms with van der Waals surface area (Å²) in [6, 6.07) is 15.0. The zero-order valence-electron chi connectivity index (χ0n) is 15.9. The number of nitrogens with zero attached hydrogens (tertiary/aromatic N) is 1. The van der Waals surface area contributed by atoms with Crippen LogP contribution in [-0.2, 0) is 0 Å². The monoisotopic (exact) mass is 422 g/mol. The van der Waals surface area contributed by atoms with Gasteiger partial charge in [0, 0.05) is 16.5 Å². The number of benzene rings is 2. The van der Waals surface area contributed by atoms with E-state index in [0.29, 0.717) is 26.7 Å². The molecule has 0 atom stereocenters. The maximum absolute atomic E-state index is 12.7. The molecule has 0 unspecified atom stereocenters. The van der Waals surface area contributed by atoms with Crippen LogP contribution in [0.5, 0.6) is 5.75 Å². The third kappa shape index (κ3) is 4.11. The predicted molar refractivity (Wildman–Crippen MR) is 118 cm³/mol. The molecule has 1 N–H and O–H groups in total. The Morgan fingerprint density at radius 2 is 1.86 bits per heavy atom. The van der Waals surface area contributed by atoms with E-state index in [9.17, 15) is 9.59 Å². The molecular weight excluding hydrogens is 404 g/mol. The Morgan fingerprint density at radius 3 is 2.55 bits per heavy atom. The Kier molecular flexibility index (Phi) is 5.51. The van der Waals surface area contributed by atoms with Crippen molar-refractivity contribution < 1.29 is 9.53 Å². The summed E-state index contributed by atoms with van der Waals surface area (Å²) >= 11 is 2.66. The lowest BCUT2D eigenvalue weighted by atomic mass is 10.1. The van der Waals surface area contributed by atoms with Gasteiger partial charge in [0.1, 0.15) is 10.6 Å². The van der Waals surface area contributed by atoms with Gasteiger partial charge in [-0.2, -0.15) is 0 Å². The molecule has 0 spiro atoms. The van der Waals surface area contributed by atoms with Crippen molar-refractivity contribution in [2.24, 2.45) is 0 Å². The molecule has 0 aliphatic rings. The van der Waals surface area contributed by atoms with Gasteiger partial charge >= 0.3 is 0 Å². The number of methoxy groups -OCH3 is 1. The summed E-state index contributed by atoms with van der Waals surface area (Å²) in [6.45, 7) is 2.03. The first-order chi connectivity index (χ1) is 14.0. The van der Waals surface area contributed by atoms with Crippen molar-refractivity contribution in [1.29, 1.82) is 0 Å². The quantitative estimate of drug-likeness (QED) is 0.271. The number of aryl methyl sites for hydroxylation is 1. The molecule has 0 bridgehead atoms. The van der Waals surface area contributed by atoms with E-state index in [-0.39, 0.29) is 17.1 Å². The average Bonchev–Trinajstić information content (AvgIpc) is 3.17. The summed E-state index contributed by atoms with van der Waals surface area (Å²) in [5.41, 5.74) is 3.44. The van der Waals surface area contributed by atoms with Crippen molar-refractivity contribution in [3.8, 4) is 16.9 Å². The number of ether oxygens (including phenoxy) is 1. The standard InChI is InChI=1S/C22H18N2O3S2/c1-13-3-5-14(6-4-13)17-11-28-21-19(17)20(26)23-22(24-21)29-12-18(25)15-7-9-16(27-2)10-8-15/h3-11H,12H2,1-2H3,(H,23,24,26). The highest BCUT2D eigenvalue weighted by Gasteiger charge is 2.14. The normalized spacial score (nSPS) is 11.0. The highest BCUT2D eigenvalue weighted by Crippen LogP contribution is 2.31. The number of aromatic amines is 1. The number of hydrogen-bond acceptors (Lipinski definition) is 6. The molecule has 4 aromatic rings. The van der Waals surface area contributed by atoms with E-state index < -0.39 is 0 Å². The molecule has 0 aliphatic carbocycles. The van der Waals surface area contributed by atoms with Crippen LogP contribution in [0.1, 0.15) is 15.9 Å². The number of rotatable bonds is 6. The molecule has 0 saturated heterocycles. The van der Waals surface area contributed by atoms with Gasteiger partial charge < -0.3 is 9.72 Å². The second-order valence-electron chi connectivity index (χ2n) is 6.51. The molecule has 2 aromatic carbocycles. The van der Waals surface area contributed by atoms with E-state index in [0.717, 1.165) is 11.1 Å². The maximum Gasteiger partial charge on any atom is 0.260 e. The largest absolute Gasteiger partial charge is 0.497 e. The van der Waals surface area contributed by atoms with Crippen LogP contribution < -0.4 is 10.3 Å². The minimum atomic E-state index is -0.189. The second kappa shape index (κ2) is 8.23.